The fraction of sp³-hybridized carbons (Fsp3) is 0.200. The quantitative estimate of drug-likeness (QED) is 0.810. The van der Waals surface area contributed by atoms with E-state index in [9.17, 15) is 5.11 Å². The van der Waals surface area contributed by atoms with E-state index in [1.165, 1.54) is 0 Å². The first-order chi connectivity index (χ1) is 8.28. The van der Waals surface area contributed by atoms with Gasteiger partial charge >= 0.3 is 0 Å². The third kappa shape index (κ3) is 1.81. The SMILES string of the molecule is OC1(c2ccccc2)CCc2ccccc2O1. The van der Waals surface area contributed by atoms with E-state index in [0.717, 1.165) is 23.3 Å². The molecule has 17 heavy (non-hydrogen) atoms. The molecule has 0 saturated heterocycles. The molecule has 0 aliphatic carbocycles. The minimum atomic E-state index is -1.18. The molecule has 86 valence electrons. The van der Waals surface area contributed by atoms with Gasteiger partial charge in [0.2, 0.25) is 5.79 Å². The summed E-state index contributed by atoms with van der Waals surface area (Å²) in [6.07, 6.45) is 1.43. The highest BCUT2D eigenvalue weighted by Crippen LogP contribution is 2.37. The van der Waals surface area contributed by atoms with Crippen molar-refractivity contribution < 1.29 is 9.84 Å². The minimum Gasteiger partial charge on any atom is -0.458 e. The molecule has 1 unspecified atom stereocenters. The molecule has 0 amide bonds. The van der Waals surface area contributed by atoms with Crippen LogP contribution in [-0.4, -0.2) is 5.11 Å². The average molecular weight is 226 g/mol. The number of ether oxygens (including phenoxy) is 1. The van der Waals surface area contributed by atoms with Crippen LogP contribution in [0.25, 0.3) is 0 Å². The zero-order chi connectivity index (χ0) is 11.7. The van der Waals surface area contributed by atoms with Gasteiger partial charge in [-0.2, -0.15) is 0 Å². The van der Waals surface area contributed by atoms with E-state index in [2.05, 4.69) is 0 Å². The van der Waals surface area contributed by atoms with Crippen LogP contribution in [0.3, 0.4) is 0 Å². The summed E-state index contributed by atoms with van der Waals surface area (Å²) in [5.74, 6) is -0.402. The highest BCUT2D eigenvalue weighted by atomic mass is 16.6. The summed E-state index contributed by atoms with van der Waals surface area (Å²) in [4.78, 5) is 0. The van der Waals surface area contributed by atoms with Gasteiger partial charge in [-0.05, 0) is 18.1 Å². The highest BCUT2D eigenvalue weighted by Gasteiger charge is 2.35. The predicted molar refractivity (Wildman–Crippen MR) is 65.7 cm³/mol. The zero-order valence-electron chi connectivity index (χ0n) is 9.47. The monoisotopic (exact) mass is 226 g/mol. The maximum absolute atomic E-state index is 10.6. The van der Waals surface area contributed by atoms with E-state index in [-0.39, 0.29) is 0 Å². The molecule has 2 aromatic rings. The largest absolute Gasteiger partial charge is 0.458 e. The van der Waals surface area contributed by atoms with E-state index < -0.39 is 5.79 Å². The van der Waals surface area contributed by atoms with E-state index in [0.29, 0.717) is 6.42 Å². The summed E-state index contributed by atoms with van der Waals surface area (Å²) >= 11 is 0. The van der Waals surface area contributed by atoms with E-state index in [1.54, 1.807) is 0 Å². The molecule has 0 bridgehead atoms. The molecule has 1 heterocycles. The molecular weight excluding hydrogens is 212 g/mol. The first kappa shape index (κ1) is 10.4. The van der Waals surface area contributed by atoms with Crippen LogP contribution >= 0.6 is 0 Å². The average Bonchev–Trinajstić information content (AvgIpc) is 2.40. The number of aliphatic hydroxyl groups is 1. The minimum absolute atomic E-state index is 0.591. The molecule has 2 heteroatoms. The van der Waals surface area contributed by atoms with E-state index in [1.807, 2.05) is 54.6 Å². The van der Waals surface area contributed by atoms with Gasteiger partial charge in [-0.3, -0.25) is 0 Å². The first-order valence-corrected chi connectivity index (χ1v) is 5.83. The van der Waals surface area contributed by atoms with Crippen molar-refractivity contribution >= 4 is 0 Å². The van der Waals surface area contributed by atoms with Crippen LogP contribution < -0.4 is 4.74 Å². The zero-order valence-corrected chi connectivity index (χ0v) is 9.47. The Morgan fingerprint density at radius 2 is 1.65 bits per heavy atom. The lowest BCUT2D eigenvalue weighted by Crippen LogP contribution is -2.36. The topological polar surface area (TPSA) is 29.5 Å². The van der Waals surface area contributed by atoms with Crippen LogP contribution in [0.5, 0.6) is 5.75 Å². The van der Waals surface area contributed by atoms with Crippen molar-refractivity contribution in [2.24, 2.45) is 0 Å². The Hall–Kier alpha value is -1.80. The van der Waals surface area contributed by atoms with Crippen LogP contribution in [-0.2, 0) is 12.2 Å². The predicted octanol–water partition coefficient (Wildman–Crippen LogP) is 2.86. The van der Waals surface area contributed by atoms with Crippen molar-refractivity contribution in [3.05, 3.63) is 65.7 Å². The third-order valence-corrected chi connectivity index (χ3v) is 3.21. The van der Waals surface area contributed by atoms with Gasteiger partial charge in [-0.25, -0.2) is 0 Å². The first-order valence-electron chi connectivity index (χ1n) is 5.83. The van der Waals surface area contributed by atoms with E-state index in [4.69, 9.17) is 4.74 Å². The smallest absolute Gasteiger partial charge is 0.235 e. The maximum atomic E-state index is 10.6. The number of benzene rings is 2. The second-order valence-electron chi connectivity index (χ2n) is 4.36. The van der Waals surface area contributed by atoms with Gasteiger partial charge in [-0.1, -0.05) is 48.5 Å². The van der Waals surface area contributed by atoms with Gasteiger partial charge in [0, 0.05) is 12.0 Å². The van der Waals surface area contributed by atoms with Crippen molar-refractivity contribution in [2.45, 2.75) is 18.6 Å². The Morgan fingerprint density at radius 3 is 2.47 bits per heavy atom. The van der Waals surface area contributed by atoms with Crippen LogP contribution in [0, 0.1) is 0 Å². The van der Waals surface area contributed by atoms with E-state index >= 15 is 0 Å². The summed E-state index contributed by atoms with van der Waals surface area (Å²) in [5.41, 5.74) is 1.97. The van der Waals surface area contributed by atoms with Gasteiger partial charge in [-0.15, -0.1) is 0 Å². The molecule has 2 aromatic carbocycles. The number of hydrogen-bond acceptors (Lipinski definition) is 2. The Labute approximate surface area is 100 Å². The summed E-state index contributed by atoms with van der Waals surface area (Å²) in [7, 11) is 0. The highest BCUT2D eigenvalue weighted by molar-refractivity contribution is 5.37. The maximum Gasteiger partial charge on any atom is 0.235 e. The van der Waals surface area contributed by atoms with Crippen LogP contribution in [0.2, 0.25) is 0 Å². The Bertz CT molecular complexity index is 521. The summed E-state index contributed by atoms with van der Waals surface area (Å²) in [5, 5.41) is 10.6. The molecule has 0 spiro atoms. The van der Waals surface area contributed by atoms with Gasteiger partial charge in [0.1, 0.15) is 5.75 Å². The molecule has 2 nitrogen and oxygen atoms in total. The number of fused-ring (bicyclic) bond motifs is 1. The fourth-order valence-corrected chi connectivity index (χ4v) is 2.25. The van der Waals surface area contributed by atoms with Gasteiger partial charge in [0.05, 0.1) is 0 Å². The van der Waals surface area contributed by atoms with Crippen molar-refractivity contribution in [2.75, 3.05) is 0 Å². The van der Waals surface area contributed by atoms with Gasteiger partial charge in [0.15, 0.2) is 0 Å². The van der Waals surface area contributed by atoms with Crippen molar-refractivity contribution in [3.8, 4) is 5.75 Å². The normalized spacial score (nSPS) is 22.6. The fourth-order valence-electron chi connectivity index (χ4n) is 2.25. The lowest BCUT2D eigenvalue weighted by atomic mass is 9.94. The molecule has 0 saturated carbocycles. The Kier molecular flexibility index (Phi) is 2.37. The molecule has 1 N–H and O–H groups in total. The molecule has 0 radical (unpaired) electrons. The second kappa shape index (κ2) is 3.90. The van der Waals surface area contributed by atoms with Crippen molar-refractivity contribution in [3.63, 3.8) is 0 Å². The lowest BCUT2D eigenvalue weighted by Gasteiger charge is -2.34. The van der Waals surface area contributed by atoms with Crippen molar-refractivity contribution in [1.82, 2.24) is 0 Å². The second-order valence-corrected chi connectivity index (χ2v) is 4.36. The molecule has 0 fully saturated rings. The van der Waals surface area contributed by atoms with Gasteiger partial charge < -0.3 is 9.84 Å². The Morgan fingerprint density at radius 1 is 0.941 bits per heavy atom. The van der Waals surface area contributed by atoms with Crippen molar-refractivity contribution in [1.29, 1.82) is 0 Å². The molecule has 1 atom stereocenters. The van der Waals surface area contributed by atoms with Crippen LogP contribution in [0.1, 0.15) is 17.5 Å². The number of para-hydroxylation sites is 1. The molecule has 1 aliphatic rings. The van der Waals surface area contributed by atoms with Gasteiger partial charge in [0.25, 0.3) is 0 Å². The van der Waals surface area contributed by atoms with Crippen LogP contribution in [0.4, 0.5) is 0 Å². The lowest BCUT2D eigenvalue weighted by molar-refractivity contribution is -0.158. The molecule has 1 aliphatic heterocycles. The number of rotatable bonds is 1. The Balaban J connectivity index is 1.98. The molecular formula is C15H14O2. The number of aryl methyl sites for hydroxylation is 1. The molecule has 0 aromatic heterocycles. The third-order valence-electron chi connectivity index (χ3n) is 3.21. The summed E-state index contributed by atoms with van der Waals surface area (Å²) in [6, 6.07) is 17.4. The standard InChI is InChI=1S/C15H14O2/c16-15(13-7-2-1-3-8-13)11-10-12-6-4-5-9-14(12)17-15/h1-9,16H,10-11H2. The van der Waals surface area contributed by atoms with Crippen LogP contribution in [0.15, 0.2) is 54.6 Å². The molecule has 3 rings (SSSR count). The summed E-state index contributed by atoms with van der Waals surface area (Å²) < 4.78 is 5.76. The summed E-state index contributed by atoms with van der Waals surface area (Å²) in [6.45, 7) is 0. The number of hydrogen-bond donors (Lipinski definition) is 1.